The van der Waals surface area contributed by atoms with E-state index in [9.17, 15) is 9.59 Å². The van der Waals surface area contributed by atoms with Crippen LogP contribution in [0.3, 0.4) is 0 Å². The third-order valence-corrected chi connectivity index (χ3v) is 4.00. The van der Waals surface area contributed by atoms with Gasteiger partial charge in [0.15, 0.2) is 0 Å². The minimum Gasteiger partial charge on any atom is -0.465 e. The van der Waals surface area contributed by atoms with Crippen LogP contribution in [-0.2, 0) is 17.6 Å². The minimum absolute atomic E-state index is 0.109. The average molecular weight is 321 g/mol. The Morgan fingerprint density at radius 1 is 1.26 bits per heavy atom. The molecule has 0 fully saturated rings. The van der Waals surface area contributed by atoms with E-state index in [1.165, 1.54) is 11.1 Å². The van der Waals surface area contributed by atoms with Gasteiger partial charge in [-0.15, -0.1) is 0 Å². The predicted octanol–water partition coefficient (Wildman–Crippen LogP) is 0.674. The first-order valence-electron chi connectivity index (χ1n) is 7.68. The number of fused-ring (bicyclic) bond motifs is 1. The number of nitrogens with one attached hydrogen (secondary N) is 2. The number of carbonyl (C=O) groups is 2. The number of anilines is 1. The summed E-state index contributed by atoms with van der Waals surface area (Å²) in [5.74, 6) is -0.330. The summed E-state index contributed by atoms with van der Waals surface area (Å²) in [4.78, 5) is 24.8. The van der Waals surface area contributed by atoms with Crippen LogP contribution in [0.2, 0.25) is 0 Å². The molecule has 0 saturated heterocycles. The summed E-state index contributed by atoms with van der Waals surface area (Å²) in [6.45, 7) is 1.59. The minimum atomic E-state index is -1.26. The first-order valence-corrected chi connectivity index (χ1v) is 7.68. The fraction of sp³-hybridized carbons (Fsp3) is 0.500. The van der Waals surface area contributed by atoms with Crippen LogP contribution in [0.5, 0.6) is 0 Å². The monoisotopic (exact) mass is 321 g/mol. The lowest BCUT2D eigenvalue weighted by Crippen LogP contribution is -2.39. The van der Waals surface area contributed by atoms with Gasteiger partial charge in [0.1, 0.15) is 0 Å². The Kier molecular flexibility index (Phi) is 5.95. The molecule has 0 saturated carbocycles. The Hall–Kier alpha value is -2.12. The highest BCUT2D eigenvalue weighted by Crippen LogP contribution is 2.20. The molecule has 1 atom stereocenters. The summed E-state index contributed by atoms with van der Waals surface area (Å²) in [5, 5.41) is 22.6. The van der Waals surface area contributed by atoms with Gasteiger partial charge in [0.25, 0.3) is 0 Å². The molecular weight excluding hydrogens is 298 g/mol. The standard InChI is InChI=1S/C16H23N3O4/c1-19-6-4-11-2-3-13(8-12(11)5-7-19)17-15(21)9-14(10-20)18-16(22)23/h2-3,8,14,18,20H,4-7,9-10H2,1H3,(H,17,21)(H,22,23)/t14-/m1/s1. The zero-order valence-electron chi connectivity index (χ0n) is 13.2. The SMILES string of the molecule is CN1CCc2ccc(NC(=O)C[C@H](CO)NC(=O)O)cc2CC1. The number of amides is 2. The summed E-state index contributed by atoms with van der Waals surface area (Å²) in [7, 11) is 2.10. The number of carboxylic acid groups (broad SMARTS) is 1. The summed E-state index contributed by atoms with van der Waals surface area (Å²) >= 11 is 0. The van der Waals surface area contributed by atoms with Crippen molar-refractivity contribution < 1.29 is 19.8 Å². The number of nitrogens with zero attached hydrogens (tertiary/aromatic N) is 1. The van der Waals surface area contributed by atoms with Gasteiger partial charge in [-0.25, -0.2) is 4.79 Å². The van der Waals surface area contributed by atoms with Crippen LogP contribution >= 0.6 is 0 Å². The van der Waals surface area contributed by atoms with Crippen molar-refractivity contribution in [1.82, 2.24) is 10.2 Å². The lowest BCUT2D eigenvalue weighted by Gasteiger charge is -2.14. The summed E-state index contributed by atoms with van der Waals surface area (Å²) in [5.41, 5.74) is 3.23. The van der Waals surface area contributed by atoms with Crippen LogP contribution in [-0.4, -0.2) is 59.9 Å². The first-order chi connectivity index (χ1) is 11.0. The molecule has 2 rings (SSSR count). The number of likely N-dealkylation sites (N-methyl/N-ethyl adjacent to an activating group) is 1. The van der Waals surface area contributed by atoms with Crippen molar-refractivity contribution in [2.24, 2.45) is 0 Å². The Balaban J connectivity index is 1.97. The van der Waals surface area contributed by atoms with E-state index in [2.05, 4.69) is 22.6 Å². The van der Waals surface area contributed by atoms with Gasteiger partial charge in [-0.2, -0.15) is 0 Å². The van der Waals surface area contributed by atoms with E-state index in [-0.39, 0.29) is 12.3 Å². The van der Waals surface area contributed by atoms with E-state index < -0.39 is 18.7 Å². The Bertz CT molecular complexity index is 576. The molecule has 1 aliphatic rings. The van der Waals surface area contributed by atoms with Gasteiger partial charge in [-0.1, -0.05) is 6.07 Å². The molecule has 23 heavy (non-hydrogen) atoms. The molecule has 0 radical (unpaired) electrons. The third-order valence-electron chi connectivity index (χ3n) is 4.00. The van der Waals surface area contributed by atoms with Crippen molar-refractivity contribution in [3.8, 4) is 0 Å². The maximum absolute atomic E-state index is 12.0. The van der Waals surface area contributed by atoms with Crippen LogP contribution in [0.25, 0.3) is 0 Å². The number of hydrogen-bond donors (Lipinski definition) is 4. The highest BCUT2D eigenvalue weighted by atomic mass is 16.4. The third kappa shape index (κ3) is 5.22. The predicted molar refractivity (Wildman–Crippen MR) is 86.6 cm³/mol. The maximum atomic E-state index is 12.0. The van der Waals surface area contributed by atoms with Crippen molar-refractivity contribution in [2.75, 3.05) is 32.1 Å². The molecule has 1 aliphatic heterocycles. The van der Waals surface area contributed by atoms with Gasteiger partial charge < -0.3 is 25.7 Å². The Labute approximate surface area is 135 Å². The smallest absolute Gasteiger partial charge is 0.404 e. The number of benzene rings is 1. The van der Waals surface area contributed by atoms with Crippen LogP contribution in [0, 0.1) is 0 Å². The fourth-order valence-electron chi connectivity index (χ4n) is 2.69. The van der Waals surface area contributed by atoms with E-state index in [0.29, 0.717) is 5.69 Å². The highest BCUT2D eigenvalue weighted by Gasteiger charge is 2.16. The maximum Gasteiger partial charge on any atom is 0.404 e. The summed E-state index contributed by atoms with van der Waals surface area (Å²) < 4.78 is 0. The highest BCUT2D eigenvalue weighted by molar-refractivity contribution is 5.91. The van der Waals surface area contributed by atoms with Crippen LogP contribution in [0.4, 0.5) is 10.5 Å². The van der Waals surface area contributed by atoms with Crippen LogP contribution in [0.15, 0.2) is 18.2 Å². The molecule has 126 valence electrons. The summed E-state index contributed by atoms with van der Waals surface area (Å²) in [6.07, 6.45) is 0.568. The van der Waals surface area contributed by atoms with Gasteiger partial charge >= 0.3 is 6.09 Å². The molecule has 1 aromatic rings. The van der Waals surface area contributed by atoms with E-state index in [1.54, 1.807) is 0 Å². The average Bonchev–Trinajstić information content (AvgIpc) is 2.68. The molecule has 7 nitrogen and oxygen atoms in total. The van der Waals surface area contributed by atoms with Crippen LogP contribution < -0.4 is 10.6 Å². The second kappa shape index (κ2) is 7.94. The van der Waals surface area contributed by atoms with Gasteiger partial charge in [0, 0.05) is 25.2 Å². The number of carbonyl (C=O) groups excluding carboxylic acids is 1. The zero-order valence-corrected chi connectivity index (χ0v) is 13.2. The molecule has 4 N–H and O–H groups in total. The molecule has 0 aromatic heterocycles. The van der Waals surface area contributed by atoms with Gasteiger partial charge in [0.2, 0.25) is 5.91 Å². The van der Waals surface area contributed by atoms with Gasteiger partial charge in [-0.05, 0) is 43.1 Å². The van der Waals surface area contributed by atoms with Crippen molar-refractivity contribution in [2.45, 2.75) is 25.3 Å². The Morgan fingerprint density at radius 3 is 2.61 bits per heavy atom. The van der Waals surface area contributed by atoms with Crippen molar-refractivity contribution >= 4 is 17.7 Å². The molecule has 0 aliphatic carbocycles. The molecule has 0 spiro atoms. The van der Waals surface area contributed by atoms with E-state index in [1.807, 2.05) is 18.2 Å². The fourth-order valence-corrected chi connectivity index (χ4v) is 2.69. The molecule has 2 amide bonds. The normalized spacial score (nSPS) is 16.1. The number of aliphatic hydroxyl groups excluding tert-OH is 1. The molecule has 0 bridgehead atoms. The van der Waals surface area contributed by atoms with Gasteiger partial charge in [0.05, 0.1) is 12.6 Å². The lowest BCUT2D eigenvalue weighted by atomic mass is 10.0. The van der Waals surface area contributed by atoms with Gasteiger partial charge in [-0.3, -0.25) is 4.79 Å². The largest absolute Gasteiger partial charge is 0.465 e. The van der Waals surface area contributed by atoms with E-state index in [0.717, 1.165) is 25.9 Å². The molecule has 7 heteroatoms. The van der Waals surface area contributed by atoms with Crippen molar-refractivity contribution in [3.63, 3.8) is 0 Å². The molecular formula is C16H23N3O4. The second-order valence-corrected chi connectivity index (χ2v) is 5.87. The Morgan fingerprint density at radius 2 is 1.96 bits per heavy atom. The summed E-state index contributed by atoms with van der Waals surface area (Å²) in [6, 6.07) is 5.07. The molecule has 1 heterocycles. The van der Waals surface area contributed by atoms with E-state index in [4.69, 9.17) is 10.2 Å². The number of hydrogen-bond acceptors (Lipinski definition) is 4. The zero-order chi connectivity index (χ0) is 16.8. The number of aliphatic hydroxyl groups is 1. The van der Waals surface area contributed by atoms with Crippen molar-refractivity contribution in [1.29, 1.82) is 0 Å². The van der Waals surface area contributed by atoms with E-state index >= 15 is 0 Å². The number of rotatable bonds is 5. The molecule has 0 unspecified atom stereocenters. The quantitative estimate of drug-likeness (QED) is 0.638. The van der Waals surface area contributed by atoms with Crippen molar-refractivity contribution in [3.05, 3.63) is 29.3 Å². The molecule has 1 aromatic carbocycles. The second-order valence-electron chi connectivity index (χ2n) is 5.87. The topological polar surface area (TPSA) is 102 Å². The first kappa shape index (κ1) is 17.2. The lowest BCUT2D eigenvalue weighted by molar-refractivity contribution is -0.116. The van der Waals surface area contributed by atoms with Crippen LogP contribution in [0.1, 0.15) is 17.5 Å².